The molecule has 0 bridgehead atoms. The van der Waals surface area contributed by atoms with Crippen LogP contribution in [0.5, 0.6) is 0 Å². The van der Waals surface area contributed by atoms with Crippen molar-refractivity contribution in [3.8, 4) is 0 Å². The summed E-state index contributed by atoms with van der Waals surface area (Å²) in [4.78, 5) is 7.00. The van der Waals surface area contributed by atoms with Crippen molar-refractivity contribution in [1.29, 1.82) is 0 Å². The Bertz CT molecular complexity index is 300. The molecule has 2 heterocycles. The zero-order valence-electron chi connectivity index (χ0n) is 10.7. The highest BCUT2D eigenvalue weighted by Crippen LogP contribution is 2.19. The van der Waals surface area contributed by atoms with E-state index in [0.717, 1.165) is 19.6 Å². The van der Waals surface area contributed by atoms with E-state index in [9.17, 15) is 0 Å². The molecule has 0 aromatic carbocycles. The second-order valence-corrected chi connectivity index (χ2v) is 5.73. The number of aromatic nitrogens is 1. The van der Waals surface area contributed by atoms with Gasteiger partial charge in [0.2, 0.25) is 0 Å². The predicted octanol–water partition coefficient (Wildman–Crippen LogP) is 2.50. The first-order chi connectivity index (χ1) is 8.40. The van der Waals surface area contributed by atoms with Gasteiger partial charge < -0.3 is 5.32 Å². The van der Waals surface area contributed by atoms with E-state index < -0.39 is 0 Å². The monoisotopic (exact) mass is 253 g/mol. The summed E-state index contributed by atoms with van der Waals surface area (Å²) in [7, 11) is 0. The summed E-state index contributed by atoms with van der Waals surface area (Å²) >= 11 is 1.77. The van der Waals surface area contributed by atoms with Crippen molar-refractivity contribution < 1.29 is 0 Å². The Morgan fingerprint density at radius 3 is 3.24 bits per heavy atom. The Hall–Kier alpha value is -0.450. The molecule has 0 radical (unpaired) electrons. The topological polar surface area (TPSA) is 28.2 Å². The Balaban J connectivity index is 1.83. The second kappa shape index (κ2) is 7.09. The molecule has 3 nitrogen and oxygen atoms in total. The summed E-state index contributed by atoms with van der Waals surface area (Å²) in [6, 6.07) is 0.708. The van der Waals surface area contributed by atoms with Crippen molar-refractivity contribution in [2.75, 3.05) is 19.6 Å². The van der Waals surface area contributed by atoms with Gasteiger partial charge in [-0.15, -0.1) is 11.3 Å². The highest BCUT2D eigenvalue weighted by Gasteiger charge is 2.22. The lowest BCUT2D eigenvalue weighted by Crippen LogP contribution is -2.45. The predicted molar refractivity (Wildman–Crippen MR) is 73.3 cm³/mol. The van der Waals surface area contributed by atoms with Crippen LogP contribution in [0.1, 0.15) is 37.6 Å². The van der Waals surface area contributed by atoms with Crippen molar-refractivity contribution in [2.24, 2.45) is 0 Å². The third kappa shape index (κ3) is 4.05. The lowest BCUT2D eigenvalue weighted by molar-refractivity contribution is 0.137. The zero-order chi connectivity index (χ0) is 11.9. The molecule has 0 amide bonds. The quantitative estimate of drug-likeness (QED) is 0.790. The van der Waals surface area contributed by atoms with Gasteiger partial charge in [-0.1, -0.05) is 13.3 Å². The SMILES string of the molecule is CCCNCC1CCCCN1Cc1nccs1. The first-order valence-electron chi connectivity index (χ1n) is 6.73. The van der Waals surface area contributed by atoms with E-state index in [-0.39, 0.29) is 0 Å². The molecule has 2 rings (SSSR count). The third-order valence-corrected chi connectivity index (χ3v) is 4.14. The molecule has 1 aliphatic heterocycles. The third-order valence-electron chi connectivity index (χ3n) is 3.38. The van der Waals surface area contributed by atoms with E-state index in [1.165, 1.54) is 37.2 Å². The molecule has 0 aliphatic carbocycles. The maximum atomic E-state index is 4.40. The summed E-state index contributed by atoms with van der Waals surface area (Å²) in [6.45, 7) is 6.77. The van der Waals surface area contributed by atoms with Gasteiger partial charge >= 0.3 is 0 Å². The number of hydrogen-bond donors (Lipinski definition) is 1. The van der Waals surface area contributed by atoms with Gasteiger partial charge in [-0.25, -0.2) is 4.98 Å². The Labute approximate surface area is 108 Å². The number of likely N-dealkylation sites (tertiary alicyclic amines) is 1. The van der Waals surface area contributed by atoms with Crippen LogP contribution in [0.4, 0.5) is 0 Å². The van der Waals surface area contributed by atoms with Gasteiger partial charge in [-0.3, -0.25) is 4.90 Å². The van der Waals surface area contributed by atoms with Gasteiger partial charge in [0.05, 0.1) is 6.54 Å². The molecule has 0 spiro atoms. The van der Waals surface area contributed by atoms with E-state index in [4.69, 9.17) is 0 Å². The van der Waals surface area contributed by atoms with Crippen LogP contribution in [0.3, 0.4) is 0 Å². The van der Waals surface area contributed by atoms with Crippen molar-refractivity contribution in [2.45, 2.75) is 45.2 Å². The van der Waals surface area contributed by atoms with Gasteiger partial charge in [-0.05, 0) is 32.4 Å². The molecule has 17 heavy (non-hydrogen) atoms. The van der Waals surface area contributed by atoms with Crippen LogP contribution in [-0.4, -0.2) is 35.6 Å². The number of nitrogens with zero attached hydrogens (tertiary/aromatic N) is 2. The van der Waals surface area contributed by atoms with Crippen molar-refractivity contribution in [3.63, 3.8) is 0 Å². The van der Waals surface area contributed by atoms with Gasteiger partial charge in [0.15, 0.2) is 0 Å². The van der Waals surface area contributed by atoms with Crippen molar-refractivity contribution >= 4 is 11.3 Å². The maximum absolute atomic E-state index is 4.40. The first-order valence-corrected chi connectivity index (χ1v) is 7.61. The minimum absolute atomic E-state index is 0.708. The van der Waals surface area contributed by atoms with Crippen LogP contribution in [0.2, 0.25) is 0 Å². The summed E-state index contributed by atoms with van der Waals surface area (Å²) in [6.07, 6.45) is 7.19. The first kappa shape index (κ1) is 13.0. The minimum atomic E-state index is 0.708. The number of hydrogen-bond acceptors (Lipinski definition) is 4. The van der Waals surface area contributed by atoms with Crippen LogP contribution in [0.25, 0.3) is 0 Å². The standard InChI is InChI=1S/C13H23N3S/c1-2-6-14-10-12-5-3-4-8-16(12)11-13-15-7-9-17-13/h7,9,12,14H,2-6,8,10-11H2,1H3. The fourth-order valence-corrected chi connectivity index (χ4v) is 3.09. The molecule has 1 saturated heterocycles. The fourth-order valence-electron chi connectivity index (χ4n) is 2.45. The van der Waals surface area contributed by atoms with Crippen LogP contribution in [0, 0.1) is 0 Å². The molecular formula is C13H23N3S. The smallest absolute Gasteiger partial charge is 0.107 e. The van der Waals surface area contributed by atoms with E-state index in [2.05, 4.69) is 27.5 Å². The van der Waals surface area contributed by atoms with Crippen LogP contribution in [-0.2, 0) is 6.54 Å². The zero-order valence-corrected chi connectivity index (χ0v) is 11.5. The van der Waals surface area contributed by atoms with E-state index in [1.807, 2.05) is 6.20 Å². The molecule has 0 saturated carbocycles. The molecule has 1 aromatic rings. The van der Waals surface area contributed by atoms with E-state index >= 15 is 0 Å². The highest BCUT2D eigenvalue weighted by molar-refractivity contribution is 7.09. The normalized spacial score (nSPS) is 21.8. The Morgan fingerprint density at radius 2 is 2.47 bits per heavy atom. The molecule has 4 heteroatoms. The maximum Gasteiger partial charge on any atom is 0.107 e. The van der Waals surface area contributed by atoms with E-state index in [0.29, 0.717) is 6.04 Å². The average Bonchev–Trinajstić information content (AvgIpc) is 2.84. The molecule has 1 aliphatic rings. The minimum Gasteiger partial charge on any atom is -0.315 e. The van der Waals surface area contributed by atoms with Gasteiger partial charge in [-0.2, -0.15) is 0 Å². The number of nitrogens with one attached hydrogen (secondary N) is 1. The van der Waals surface area contributed by atoms with Crippen molar-refractivity contribution in [3.05, 3.63) is 16.6 Å². The molecule has 1 unspecified atom stereocenters. The number of piperidine rings is 1. The Kier molecular flexibility index (Phi) is 5.42. The van der Waals surface area contributed by atoms with Crippen LogP contribution >= 0.6 is 11.3 Å². The van der Waals surface area contributed by atoms with Gasteiger partial charge in [0.25, 0.3) is 0 Å². The molecule has 1 aromatic heterocycles. The summed E-state index contributed by atoms with van der Waals surface area (Å²) in [5.41, 5.74) is 0. The van der Waals surface area contributed by atoms with Crippen LogP contribution < -0.4 is 5.32 Å². The van der Waals surface area contributed by atoms with Crippen LogP contribution in [0.15, 0.2) is 11.6 Å². The summed E-state index contributed by atoms with van der Waals surface area (Å²) in [5.74, 6) is 0. The summed E-state index contributed by atoms with van der Waals surface area (Å²) in [5, 5.41) is 6.89. The number of rotatable bonds is 6. The summed E-state index contributed by atoms with van der Waals surface area (Å²) < 4.78 is 0. The molecule has 1 fully saturated rings. The fraction of sp³-hybridized carbons (Fsp3) is 0.769. The Morgan fingerprint density at radius 1 is 1.53 bits per heavy atom. The van der Waals surface area contributed by atoms with E-state index in [1.54, 1.807) is 11.3 Å². The number of thiazole rings is 1. The molecule has 1 atom stereocenters. The lowest BCUT2D eigenvalue weighted by atomic mass is 10.0. The largest absolute Gasteiger partial charge is 0.315 e. The average molecular weight is 253 g/mol. The van der Waals surface area contributed by atoms with Gasteiger partial charge in [0.1, 0.15) is 5.01 Å². The van der Waals surface area contributed by atoms with Crippen molar-refractivity contribution in [1.82, 2.24) is 15.2 Å². The lowest BCUT2D eigenvalue weighted by Gasteiger charge is -2.35. The van der Waals surface area contributed by atoms with Gasteiger partial charge in [0, 0.05) is 24.2 Å². The molecule has 1 N–H and O–H groups in total. The molecular weight excluding hydrogens is 230 g/mol. The highest BCUT2D eigenvalue weighted by atomic mass is 32.1. The molecule has 96 valence electrons. The second-order valence-electron chi connectivity index (χ2n) is 4.75.